The van der Waals surface area contributed by atoms with Gasteiger partial charge in [-0.15, -0.1) is 0 Å². The lowest BCUT2D eigenvalue weighted by molar-refractivity contribution is -0.0707. The molecule has 0 N–H and O–H groups in total. The second kappa shape index (κ2) is 6.12. The van der Waals surface area contributed by atoms with E-state index in [1.54, 1.807) is 12.3 Å². The first-order valence-electron chi connectivity index (χ1n) is 6.49. The Morgan fingerprint density at radius 2 is 2.11 bits per heavy atom. The van der Waals surface area contributed by atoms with Crippen LogP contribution in [0.3, 0.4) is 0 Å². The summed E-state index contributed by atoms with van der Waals surface area (Å²) in [6.07, 6.45) is 2.06. The maximum Gasteiger partial charge on any atom is 0.339 e. The molecule has 1 aliphatic heterocycles. The van der Waals surface area contributed by atoms with Gasteiger partial charge >= 0.3 is 5.97 Å². The van der Waals surface area contributed by atoms with Crippen LogP contribution in [0.4, 0.5) is 0 Å². The average molecular weight is 264 g/mol. The van der Waals surface area contributed by atoms with Gasteiger partial charge in [0.2, 0.25) is 0 Å². The number of nitrogens with zero attached hydrogens (tertiary/aromatic N) is 2. The fourth-order valence-corrected chi connectivity index (χ4v) is 2.40. The highest BCUT2D eigenvalue weighted by Crippen LogP contribution is 2.13. The van der Waals surface area contributed by atoms with Crippen LogP contribution in [-0.4, -0.2) is 48.3 Å². The molecule has 5 nitrogen and oxygen atoms in total. The minimum Gasteiger partial charge on any atom is -0.465 e. The quantitative estimate of drug-likeness (QED) is 0.774. The third-order valence-electron chi connectivity index (χ3n) is 3.13. The predicted molar refractivity (Wildman–Crippen MR) is 70.9 cm³/mol. The van der Waals surface area contributed by atoms with Crippen LogP contribution in [0.1, 0.15) is 29.9 Å². The van der Waals surface area contributed by atoms with Crippen molar-refractivity contribution in [1.29, 1.82) is 0 Å². The molecule has 0 radical (unpaired) electrons. The Hall–Kier alpha value is -1.46. The minimum atomic E-state index is -0.354. The largest absolute Gasteiger partial charge is 0.465 e. The number of rotatable bonds is 3. The van der Waals surface area contributed by atoms with E-state index >= 15 is 0 Å². The molecule has 0 saturated carbocycles. The number of aromatic nitrogens is 1. The van der Waals surface area contributed by atoms with E-state index in [1.807, 2.05) is 6.07 Å². The average Bonchev–Trinajstić information content (AvgIpc) is 2.37. The van der Waals surface area contributed by atoms with Crippen LogP contribution in [-0.2, 0) is 16.0 Å². The van der Waals surface area contributed by atoms with Crippen molar-refractivity contribution >= 4 is 5.97 Å². The maximum absolute atomic E-state index is 11.3. The van der Waals surface area contributed by atoms with Crippen molar-refractivity contribution < 1.29 is 14.3 Å². The van der Waals surface area contributed by atoms with Gasteiger partial charge in [0.25, 0.3) is 0 Å². The summed E-state index contributed by atoms with van der Waals surface area (Å²) in [6, 6.07) is 3.62. The summed E-state index contributed by atoms with van der Waals surface area (Å²) in [7, 11) is 1.37. The SMILES string of the molecule is COC(=O)c1ccc(CN2C[C@@H](C)O[C@@H](C)C2)nc1. The smallest absolute Gasteiger partial charge is 0.339 e. The van der Waals surface area contributed by atoms with Crippen molar-refractivity contribution in [3.63, 3.8) is 0 Å². The van der Waals surface area contributed by atoms with Crippen LogP contribution in [0.2, 0.25) is 0 Å². The van der Waals surface area contributed by atoms with E-state index in [0.29, 0.717) is 5.56 Å². The molecule has 1 aromatic heterocycles. The number of carbonyl (C=O) groups is 1. The normalized spacial score (nSPS) is 24.2. The van der Waals surface area contributed by atoms with Crippen LogP contribution < -0.4 is 0 Å². The van der Waals surface area contributed by atoms with Crippen LogP contribution >= 0.6 is 0 Å². The van der Waals surface area contributed by atoms with Crippen molar-refractivity contribution in [2.24, 2.45) is 0 Å². The summed E-state index contributed by atoms with van der Waals surface area (Å²) in [6.45, 7) is 6.75. The van der Waals surface area contributed by atoms with Crippen molar-refractivity contribution in [1.82, 2.24) is 9.88 Å². The van der Waals surface area contributed by atoms with E-state index in [-0.39, 0.29) is 18.2 Å². The van der Waals surface area contributed by atoms with Gasteiger partial charge in [0.05, 0.1) is 30.6 Å². The molecule has 1 aliphatic rings. The van der Waals surface area contributed by atoms with Gasteiger partial charge < -0.3 is 9.47 Å². The molecule has 104 valence electrons. The monoisotopic (exact) mass is 264 g/mol. The van der Waals surface area contributed by atoms with Crippen molar-refractivity contribution in [2.45, 2.75) is 32.6 Å². The zero-order valence-electron chi connectivity index (χ0n) is 11.6. The molecule has 0 bridgehead atoms. The summed E-state index contributed by atoms with van der Waals surface area (Å²) in [4.78, 5) is 17.9. The number of esters is 1. The molecule has 0 spiro atoms. The van der Waals surface area contributed by atoms with E-state index in [4.69, 9.17) is 4.74 Å². The molecule has 1 aromatic rings. The van der Waals surface area contributed by atoms with Crippen molar-refractivity contribution in [2.75, 3.05) is 20.2 Å². The molecule has 5 heteroatoms. The van der Waals surface area contributed by atoms with E-state index < -0.39 is 0 Å². The third kappa shape index (κ3) is 3.75. The number of methoxy groups -OCH3 is 1. The molecule has 2 rings (SSSR count). The van der Waals surface area contributed by atoms with Crippen molar-refractivity contribution in [3.8, 4) is 0 Å². The van der Waals surface area contributed by atoms with E-state index in [9.17, 15) is 4.79 Å². The summed E-state index contributed by atoms with van der Waals surface area (Å²) in [5.74, 6) is -0.354. The fourth-order valence-electron chi connectivity index (χ4n) is 2.40. The topological polar surface area (TPSA) is 51.7 Å². The Morgan fingerprint density at radius 3 is 2.63 bits per heavy atom. The molecule has 0 amide bonds. The predicted octanol–water partition coefficient (Wildman–Crippen LogP) is 1.48. The highest BCUT2D eigenvalue weighted by Gasteiger charge is 2.22. The first kappa shape index (κ1) is 14.0. The molecular weight excluding hydrogens is 244 g/mol. The van der Waals surface area contributed by atoms with Crippen LogP contribution in [0.5, 0.6) is 0 Å². The number of carbonyl (C=O) groups excluding carboxylic acids is 1. The molecule has 19 heavy (non-hydrogen) atoms. The molecule has 1 saturated heterocycles. The first-order chi connectivity index (χ1) is 9.08. The van der Waals surface area contributed by atoms with E-state index in [1.165, 1.54) is 7.11 Å². The third-order valence-corrected chi connectivity index (χ3v) is 3.13. The lowest BCUT2D eigenvalue weighted by Gasteiger charge is -2.35. The number of pyridine rings is 1. The number of hydrogen-bond acceptors (Lipinski definition) is 5. The van der Waals surface area contributed by atoms with Crippen LogP contribution in [0.15, 0.2) is 18.3 Å². The van der Waals surface area contributed by atoms with Crippen LogP contribution in [0.25, 0.3) is 0 Å². The molecule has 2 atom stereocenters. The lowest BCUT2D eigenvalue weighted by Crippen LogP contribution is -2.44. The van der Waals surface area contributed by atoms with Gasteiger partial charge in [-0.2, -0.15) is 0 Å². The Kier molecular flexibility index (Phi) is 4.50. The Bertz CT molecular complexity index is 423. The second-order valence-corrected chi connectivity index (χ2v) is 4.98. The fraction of sp³-hybridized carbons (Fsp3) is 0.571. The van der Waals surface area contributed by atoms with E-state index in [2.05, 4.69) is 28.5 Å². The zero-order valence-corrected chi connectivity index (χ0v) is 11.6. The number of morpholine rings is 1. The Labute approximate surface area is 113 Å². The van der Waals surface area contributed by atoms with Gasteiger partial charge in [0, 0.05) is 25.8 Å². The molecule has 1 fully saturated rings. The summed E-state index contributed by atoms with van der Waals surface area (Å²) in [5, 5.41) is 0. The first-order valence-corrected chi connectivity index (χ1v) is 6.49. The molecule has 0 unspecified atom stereocenters. The number of hydrogen-bond donors (Lipinski definition) is 0. The van der Waals surface area contributed by atoms with Gasteiger partial charge in [-0.25, -0.2) is 4.79 Å². The highest BCUT2D eigenvalue weighted by molar-refractivity contribution is 5.88. The number of ether oxygens (including phenoxy) is 2. The Balaban J connectivity index is 1.97. The molecule has 2 heterocycles. The summed E-state index contributed by atoms with van der Waals surface area (Å²) in [5.41, 5.74) is 1.43. The summed E-state index contributed by atoms with van der Waals surface area (Å²) < 4.78 is 10.3. The molecular formula is C14H20N2O3. The maximum atomic E-state index is 11.3. The molecule has 0 aliphatic carbocycles. The standard InChI is InChI=1S/C14H20N2O3/c1-10-7-16(8-11(2)19-10)9-13-5-4-12(6-15-13)14(17)18-3/h4-6,10-11H,7-9H2,1-3H3/t10-,11+. The van der Waals surface area contributed by atoms with Gasteiger partial charge in [-0.1, -0.05) is 0 Å². The minimum absolute atomic E-state index is 0.248. The van der Waals surface area contributed by atoms with Gasteiger partial charge in [0.1, 0.15) is 0 Å². The molecule has 0 aromatic carbocycles. The highest BCUT2D eigenvalue weighted by atomic mass is 16.5. The summed E-state index contributed by atoms with van der Waals surface area (Å²) >= 11 is 0. The second-order valence-electron chi connectivity index (χ2n) is 4.98. The zero-order chi connectivity index (χ0) is 13.8. The van der Waals surface area contributed by atoms with Gasteiger partial charge in [-0.3, -0.25) is 9.88 Å². The van der Waals surface area contributed by atoms with Crippen molar-refractivity contribution in [3.05, 3.63) is 29.6 Å². The Morgan fingerprint density at radius 1 is 1.42 bits per heavy atom. The van der Waals surface area contributed by atoms with Crippen LogP contribution in [0, 0.1) is 0 Å². The van der Waals surface area contributed by atoms with E-state index in [0.717, 1.165) is 25.3 Å². The van der Waals surface area contributed by atoms with Gasteiger partial charge in [-0.05, 0) is 26.0 Å². The van der Waals surface area contributed by atoms with Gasteiger partial charge in [0.15, 0.2) is 0 Å². The lowest BCUT2D eigenvalue weighted by atomic mass is 10.2.